The molecule has 1 fully saturated rings. The number of benzene rings is 1. The molecule has 2 heterocycles. The molecule has 0 amide bonds. The molecule has 0 spiro atoms. The summed E-state index contributed by atoms with van der Waals surface area (Å²) in [6, 6.07) is 10.1. The number of piperidine rings is 1. The molecule has 1 aromatic carbocycles. The fourth-order valence-electron chi connectivity index (χ4n) is 3.33. The van der Waals surface area contributed by atoms with Crippen LogP contribution in [0.1, 0.15) is 25.6 Å². The highest BCUT2D eigenvalue weighted by molar-refractivity contribution is 14.0. The van der Waals surface area contributed by atoms with Gasteiger partial charge in [0.2, 0.25) is 0 Å². The zero-order valence-corrected chi connectivity index (χ0v) is 18.7. The Kier molecular flexibility index (Phi) is 8.75. The molecule has 1 aliphatic rings. The Morgan fingerprint density at radius 3 is 2.89 bits per heavy atom. The molecule has 1 atom stereocenters. The van der Waals surface area contributed by atoms with E-state index >= 15 is 0 Å². The van der Waals surface area contributed by atoms with Gasteiger partial charge >= 0.3 is 5.97 Å². The Morgan fingerprint density at radius 2 is 2.18 bits per heavy atom. The normalized spacial score (nSPS) is 17.0. The number of rotatable bonds is 5. The molecule has 2 N–H and O–H groups in total. The van der Waals surface area contributed by atoms with Crippen LogP contribution in [-0.2, 0) is 16.1 Å². The number of carbonyl (C=O) groups is 1. The Hall–Kier alpha value is -2.10. The molecule has 0 bridgehead atoms. The monoisotopic (exact) mass is 497 g/mol. The van der Waals surface area contributed by atoms with Gasteiger partial charge in [0.1, 0.15) is 5.82 Å². The number of ether oxygens (including phenoxy) is 1. The molecule has 1 unspecified atom stereocenters. The molecule has 7 nitrogen and oxygen atoms in total. The van der Waals surface area contributed by atoms with Crippen LogP contribution in [0.4, 0.5) is 0 Å². The standard InChI is InChI=1S/C20H27N5O2.HI/c1-3-27-19(26)16-10-7-11-25(14-16)20(21-2)23-13-18-22-12-17(24-18)15-8-5-4-6-9-15;/h4-6,8-9,12,16H,3,7,10-11,13-14H2,1-2H3,(H,21,23)(H,22,24);1H. The van der Waals surface area contributed by atoms with Crippen molar-refractivity contribution in [2.24, 2.45) is 10.9 Å². The number of aromatic nitrogens is 2. The number of esters is 1. The van der Waals surface area contributed by atoms with Crippen molar-refractivity contribution in [3.8, 4) is 11.3 Å². The molecule has 8 heteroatoms. The van der Waals surface area contributed by atoms with Crippen LogP contribution < -0.4 is 5.32 Å². The number of carbonyl (C=O) groups excluding carboxylic acids is 1. The Balaban J connectivity index is 0.00000280. The number of hydrogen-bond acceptors (Lipinski definition) is 4. The summed E-state index contributed by atoms with van der Waals surface area (Å²) in [6.45, 7) is 4.31. The van der Waals surface area contributed by atoms with E-state index in [-0.39, 0.29) is 35.9 Å². The van der Waals surface area contributed by atoms with E-state index in [4.69, 9.17) is 4.74 Å². The van der Waals surface area contributed by atoms with Gasteiger partial charge in [-0.1, -0.05) is 30.3 Å². The molecule has 0 saturated carbocycles. The van der Waals surface area contributed by atoms with E-state index in [0.29, 0.717) is 19.7 Å². The minimum atomic E-state index is -0.115. The molecule has 1 aromatic heterocycles. The highest BCUT2D eigenvalue weighted by Crippen LogP contribution is 2.19. The number of halogens is 1. The minimum Gasteiger partial charge on any atom is -0.466 e. The molecule has 1 saturated heterocycles. The summed E-state index contributed by atoms with van der Waals surface area (Å²) < 4.78 is 5.18. The lowest BCUT2D eigenvalue weighted by molar-refractivity contribution is -0.149. The third-order valence-electron chi connectivity index (χ3n) is 4.68. The second-order valence-electron chi connectivity index (χ2n) is 6.55. The van der Waals surface area contributed by atoms with Crippen LogP contribution in [0.15, 0.2) is 41.5 Å². The van der Waals surface area contributed by atoms with E-state index in [1.54, 1.807) is 7.05 Å². The van der Waals surface area contributed by atoms with E-state index in [9.17, 15) is 4.79 Å². The lowest BCUT2D eigenvalue weighted by Gasteiger charge is -2.33. The SMILES string of the molecule is CCOC(=O)C1CCCN(C(=NC)NCc2ncc(-c3ccccc3)[nH]2)C1.I. The Morgan fingerprint density at radius 1 is 1.39 bits per heavy atom. The largest absolute Gasteiger partial charge is 0.466 e. The van der Waals surface area contributed by atoms with E-state index in [0.717, 1.165) is 42.4 Å². The van der Waals surface area contributed by atoms with E-state index in [2.05, 4.69) is 25.2 Å². The summed E-state index contributed by atoms with van der Waals surface area (Å²) in [7, 11) is 1.76. The lowest BCUT2D eigenvalue weighted by atomic mass is 9.98. The van der Waals surface area contributed by atoms with Gasteiger partial charge in [0.15, 0.2) is 5.96 Å². The van der Waals surface area contributed by atoms with Gasteiger partial charge in [0.25, 0.3) is 0 Å². The van der Waals surface area contributed by atoms with Gasteiger partial charge in [0, 0.05) is 20.1 Å². The highest BCUT2D eigenvalue weighted by Gasteiger charge is 2.28. The molecule has 0 aliphatic carbocycles. The molecule has 2 aromatic rings. The summed E-state index contributed by atoms with van der Waals surface area (Å²) >= 11 is 0. The number of imidazole rings is 1. The second kappa shape index (κ2) is 11.0. The summed E-state index contributed by atoms with van der Waals surface area (Å²) in [5, 5.41) is 3.34. The van der Waals surface area contributed by atoms with E-state index in [1.165, 1.54) is 0 Å². The van der Waals surface area contributed by atoms with Gasteiger partial charge in [-0.15, -0.1) is 24.0 Å². The van der Waals surface area contributed by atoms with Gasteiger partial charge in [-0.3, -0.25) is 9.79 Å². The van der Waals surface area contributed by atoms with Crippen LogP contribution in [0.25, 0.3) is 11.3 Å². The fourth-order valence-corrected chi connectivity index (χ4v) is 3.33. The van der Waals surface area contributed by atoms with E-state index in [1.807, 2.05) is 43.5 Å². The zero-order chi connectivity index (χ0) is 19.1. The summed E-state index contributed by atoms with van der Waals surface area (Å²) in [5.74, 6) is 1.41. The van der Waals surface area contributed by atoms with Crippen LogP contribution in [0, 0.1) is 5.92 Å². The number of hydrogen-bond donors (Lipinski definition) is 2. The molecule has 3 rings (SSSR count). The van der Waals surface area contributed by atoms with Gasteiger partial charge in [-0.25, -0.2) is 4.98 Å². The first-order valence-electron chi connectivity index (χ1n) is 9.42. The van der Waals surface area contributed by atoms with Crippen LogP contribution in [0.2, 0.25) is 0 Å². The number of nitrogens with one attached hydrogen (secondary N) is 2. The maximum atomic E-state index is 12.0. The first-order valence-corrected chi connectivity index (χ1v) is 9.42. The number of aromatic amines is 1. The first-order chi connectivity index (χ1) is 13.2. The Labute approximate surface area is 183 Å². The number of guanidine groups is 1. The van der Waals surface area contributed by atoms with Crippen molar-refractivity contribution >= 4 is 35.9 Å². The summed E-state index contributed by atoms with van der Waals surface area (Å²) in [5.41, 5.74) is 2.09. The predicted molar refractivity (Wildman–Crippen MR) is 121 cm³/mol. The van der Waals surface area contributed by atoms with Crippen molar-refractivity contribution in [2.45, 2.75) is 26.3 Å². The van der Waals surface area contributed by atoms with Gasteiger partial charge in [0.05, 0.1) is 31.0 Å². The molecule has 28 heavy (non-hydrogen) atoms. The van der Waals surface area contributed by atoms with Crippen molar-refractivity contribution < 1.29 is 9.53 Å². The second-order valence-corrected chi connectivity index (χ2v) is 6.55. The zero-order valence-electron chi connectivity index (χ0n) is 16.4. The molecule has 1 aliphatic heterocycles. The molecular formula is C20H28IN5O2. The minimum absolute atomic E-state index is 0. The van der Waals surface area contributed by atoms with Crippen LogP contribution in [0.5, 0.6) is 0 Å². The predicted octanol–water partition coefficient (Wildman–Crippen LogP) is 3.05. The van der Waals surface area contributed by atoms with Crippen LogP contribution in [0.3, 0.4) is 0 Å². The first kappa shape index (κ1) is 22.2. The van der Waals surface area contributed by atoms with Crippen LogP contribution in [-0.4, -0.2) is 53.5 Å². The number of likely N-dealkylation sites (tertiary alicyclic amines) is 1. The Bertz CT molecular complexity index is 778. The van der Waals surface area contributed by atoms with Gasteiger partial charge in [-0.2, -0.15) is 0 Å². The van der Waals surface area contributed by atoms with Gasteiger partial charge in [-0.05, 0) is 25.3 Å². The van der Waals surface area contributed by atoms with Crippen molar-refractivity contribution in [1.29, 1.82) is 0 Å². The van der Waals surface area contributed by atoms with Crippen LogP contribution >= 0.6 is 24.0 Å². The highest BCUT2D eigenvalue weighted by atomic mass is 127. The molecular weight excluding hydrogens is 469 g/mol. The molecule has 152 valence electrons. The average Bonchev–Trinajstić information content (AvgIpc) is 3.19. The van der Waals surface area contributed by atoms with Crippen molar-refractivity contribution in [1.82, 2.24) is 20.2 Å². The maximum Gasteiger partial charge on any atom is 0.310 e. The van der Waals surface area contributed by atoms with Crippen molar-refractivity contribution in [3.05, 3.63) is 42.4 Å². The number of nitrogens with zero attached hydrogens (tertiary/aromatic N) is 3. The quantitative estimate of drug-likeness (QED) is 0.287. The maximum absolute atomic E-state index is 12.0. The topological polar surface area (TPSA) is 82.6 Å². The van der Waals surface area contributed by atoms with E-state index < -0.39 is 0 Å². The van der Waals surface area contributed by atoms with Crippen molar-refractivity contribution in [3.63, 3.8) is 0 Å². The summed E-state index contributed by atoms with van der Waals surface area (Å²) in [6.07, 6.45) is 3.65. The fraction of sp³-hybridized carbons (Fsp3) is 0.450. The van der Waals surface area contributed by atoms with Gasteiger partial charge < -0.3 is 19.9 Å². The molecule has 0 radical (unpaired) electrons. The average molecular weight is 497 g/mol. The summed E-state index contributed by atoms with van der Waals surface area (Å²) in [4.78, 5) is 26.3. The lowest BCUT2D eigenvalue weighted by Crippen LogP contribution is -2.48. The smallest absolute Gasteiger partial charge is 0.310 e. The number of aliphatic imine (C=N–C) groups is 1. The van der Waals surface area contributed by atoms with Crippen molar-refractivity contribution in [2.75, 3.05) is 26.7 Å². The number of H-pyrrole nitrogens is 1. The third-order valence-corrected chi connectivity index (χ3v) is 4.68. The third kappa shape index (κ3) is 5.70.